The van der Waals surface area contributed by atoms with E-state index >= 15 is 0 Å². The molecule has 1 heterocycles. The largest absolute Gasteiger partial charge is 0.508 e. The highest BCUT2D eigenvalue weighted by atomic mass is 16.3. The molecule has 0 atom stereocenters. The molecule has 4 rings (SSSR count). The van der Waals surface area contributed by atoms with Crippen LogP contribution in [0.4, 0.5) is 0 Å². The molecule has 4 aromatic rings. The molecule has 2 N–H and O–H groups in total. The quantitative estimate of drug-likeness (QED) is 0.513. The summed E-state index contributed by atoms with van der Waals surface area (Å²) in [5, 5.41) is 19.8. The third-order valence-electron chi connectivity index (χ3n) is 3.91. The SMILES string of the molecule is Oc1ccc(-c2nc3ccccc3nc2C#Cc2ccccc2)c(O)c1. The molecule has 3 aromatic carbocycles. The van der Waals surface area contributed by atoms with Gasteiger partial charge in [0.25, 0.3) is 0 Å². The van der Waals surface area contributed by atoms with Gasteiger partial charge in [0.15, 0.2) is 0 Å². The van der Waals surface area contributed by atoms with Crippen molar-refractivity contribution < 1.29 is 10.2 Å². The van der Waals surface area contributed by atoms with Crippen LogP contribution in [0.2, 0.25) is 0 Å². The maximum atomic E-state index is 10.3. The molecule has 4 heteroatoms. The Labute approximate surface area is 150 Å². The minimum absolute atomic E-state index is 0.0167. The van der Waals surface area contributed by atoms with Crippen molar-refractivity contribution in [2.75, 3.05) is 0 Å². The Morgan fingerprint density at radius 3 is 2.12 bits per heavy atom. The van der Waals surface area contributed by atoms with Crippen LogP contribution < -0.4 is 0 Å². The summed E-state index contributed by atoms with van der Waals surface area (Å²) >= 11 is 0. The Morgan fingerprint density at radius 1 is 0.692 bits per heavy atom. The number of aromatic nitrogens is 2. The number of phenols is 2. The Balaban J connectivity index is 1.94. The van der Waals surface area contributed by atoms with Gasteiger partial charge < -0.3 is 10.2 Å². The summed E-state index contributed by atoms with van der Waals surface area (Å²) in [7, 11) is 0. The molecule has 1 aromatic heterocycles. The highest BCUT2D eigenvalue weighted by Crippen LogP contribution is 2.33. The molecule has 124 valence electrons. The van der Waals surface area contributed by atoms with Crippen molar-refractivity contribution in [1.82, 2.24) is 9.97 Å². The predicted octanol–water partition coefficient (Wildman–Crippen LogP) is 4.11. The fourth-order valence-corrected chi connectivity index (χ4v) is 2.65. The number of aromatic hydroxyl groups is 2. The summed E-state index contributed by atoms with van der Waals surface area (Å²) < 4.78 is 0. The molecule has 0 spiro atoms. The molecule has 0 saturated heterocycles. The van der Waals surface area contributed by atoms with E-state index in [-0.39, 0.29) is 11.5 Å². The van der Waals surface area contributed by atoms with Crippen molar-refractivity contribution in [3.05, 3.63) is 84.1 Å². The van der Waals surface area contributed by atoms with Gasteiger partial charge in [0.05, 0.1) is 11.0 Å². The lowest BCUT2D eigenvalue weighted by Crippen LogP contribution is -1.96. The molecule has 0 bridgehead atoms. The van der Waals surface area contributed by atoms with Crippen molar-refractivity contribution in [3.8, 4) is 34.6 Å². The van der Waals surface area contributed by atoms with Crippen LogP contribution in [0.25, 0.3) is 22.3 Å². The van der Waals surface area contributed by atoms with Crippen LogP contribution in [-0.2, 0) is 0 Å². The molecule has 0 aliphatic heterocycles. The first-order valence-corrected chi connectivity index (χ1v) is 8.07. The third-order valence-corrected chi connectivity index (χ3v) is 3.91. The van der Waals surface area contributed by atoms with E-state index in [1.54, 1.807) is 6.07 Å². The summed E-state index contributed by atoms with van der Waals surface area (Å²) in [6.45, 7) is 0. The topological polar surface area (TPSA) is 66.2 Å². The molecular weight excluding hydrogens is 324 g/mol. The molecule has 4 nitrogen and oxygen atoms in total. The van der Waals surface area contributed by atoms with Crippen molar-refractivity contribution in [3.63, 3.8) is 0 Å². The second-order valence-electron chi connectivity index (χ2n) is 5.73. The number of fused-ring (bicyclic) bond motifs is 1. The lowest BCUT2D eigenvalue weighted by molar-refractivity contribution is 0.451. The first-order valence-electron chi connectivity index (χ1n) is 8.07. The zero-order valence-corrected chi connectivity index (χ0v) is 13.7. The lowest BCUT2D eigenvalue weighted by atomic mass is 10.1. The fraction of sp³-hybridized carbons (Fsp3) is 0. The van der Waals surface area contributed by atoms with Gasteiger partial charge in [-0.3, -0.25) is 0 Å². The van der Waals surface area contributed by atoms with Crippen LogP contribution >= 0.6 is 0 Å². The number of para-hydroxylation sites is 2. The molecular formula is C22H14N2O2. The van der Waals surface area contributed by atoms with Crippen LogP contribution in [0.5, 0.6) is 11.5 Å². The smallest absolute Gasteiger partial charge is 0.140 e. The van der Waals surface area contributed by atoms with Crippen LogP contribution in [0.1, 0.15) is 11.3 Å². The minimum Gasteiger partial charge on any atom is -0.508 e. The Kier molecular flexibility index (Phi) is 3.97. The van der Waals surface area contributed by atoms with Gasteiger partial charge >= 0.3 is 0 Å². The zero-order valence-electron chi connectivity index (χ0n) is 13.7. The minimum atomic E-state index is -0.0719. The van der Waals surface area contributed by atoms with Crippen molar-refractivity contribution in [1.29, 1.82) is 0 Å². The highest BCUT2D eigenvalue weighted by molar-refractivity contribution is 5.81. The van der Waals surface area contributed by atoms with Gasteiger partial charge in [-0.05, 0) is 42.3 Å². The summed E-state index contributed by atoms with van der Waals surface area (Å²) in [5.74, 6) is 6.06. The average molecular weight is 338 g/mol. The molecule has 0 unspecified atom stereocenters. The van der Waals surface area contributed by atoms with Crippen molar-refractivity contribution in [2.45, 2.75) is 0 Å². The maximum absolute atomic E-state index is 10.3. The summed E-state index contributed by atoms with van der Waals surface area (Å²) in [5.41, 5.74) is 3.71. The number of benzene rings is 3. The number of nitrogens with zero attached hydrogens (tertiary/aromatic N) is 2. The summed E-state index contributed by atoms with van der Waals surface area (Å²) in [4.78, 5) is 9.26. The molecule has 26 heavy (non-hydrogen) atoms. The second-order valence-corrected chi connectivity index (χ2v) is 5.73. The van der Waals surface area contributed by atoms with E-state index in [4.69, 9.17) is 0 Å². The predicted molar refractivity (Wildman–Crippen MR) is 101 cm³/mol. The zero-order chi connectivity index (χ0) is 17.9. The monoisotopic (exact) mass is 338 g/mol. The van der Waals surface area contributed by atoms with Crippen LogP contribution in [0.3, 0.4) is 0 Å². The van der Waals surface area contributed by atoms with Gasteiger partial charge in [0.1, 0.15) is 22.9 Å². The van der Waals surface area contributed by atoms with Gasteiger partial charge in [-0.2, -0.15) is 0 Å². The Bertz CT molecular complexity index is 1160. The summed E-state index contributed by atoms with van der Waals surface area (Å²) in [6, 6.07) is 21.5. The van der Waals surface area contributed by atoms with Gasteiger partial charge in [-0.25, -0.2) is 9.97 Å². The first kappa shape index (κ1) is 15.7. The van der Waals surface area contributed by atoms with E-state index in [0.717, 1.165) is 11.1 Å². The fourth-order valence-electron chi connectivity index (χ4n) is 2.65. The van der Waals surface area contributed by atoms with E-state index in [2.05, 4.69) is 21.8 Å². The Morgan fingerprint density at radius 2 is 1.38 bits per heavy atom. The van der Waals surface area contributed by atoms with Crippen LogP contribution in [0, 0.1) is 11.8 Å². The highest BCUT2D eigenvalue weighted by Gasteiger charge is 2.13. The van der Waals surface area contributed by atoms with E-state index in [1.165, 1.54) is 12.1 Å². The first-order chi connectivity index (χ1) is 12.7. The van der Waals surface area contributed by atoms with Crippen LogP contribution in [0.15, 0.2) is 72.8 Å². The molecule has 0 aliphatic carbocycles. The molecule has 0 amide bonds. The summed E-state index contributed by atoms with van der Waals surface area (Å²) in [6.07, 6.45) is 0. The number of hydrogen-bond acceptors (Lipinski definition) is 4. The van der Waals surface area contributed by atoms with E-state index in [0.29, 0.717) is 22.5 Å². The Hall–Kier alpha value is -3.84. The average Bonchev–Trinajstić information content (AvgIpc) is 2.67. The van der Waals surface area contributed by atoms with Gasteiger partial charge in [-0.1, -0.05) is 36.3 Å². The standard InChI is InChI=1S/C22H14N2O2/c25-16-11-12-17(21(26)14-16)22-20(13-10-15-6-2-1-3-7-15)23-18-8-4-5-9-19(18)24-22/h1-9,11-12,14,25-26H. The molecule has 0 saturated carbocycles. The van der Waals surface area contributed by atoms with Gasteiger partial charge in [0, 0.05) is 17.2 Å². The van der Waals surface area contributed by atoms with Crippen LogP contribution in [-0.4, -0.2) is 20.2 Å². The van der Waals surface area contributed by atoms with E-state index in [9.17, 15) is 10.2 Å². The molecule has 0 fully saturated rings. The van der Waals surface area contributed by atoms with E-state index < -0.39 is 0 Å². The normalized spacial score (nSPS) is 10.3. The van der Waals surface area contributed by atoms with Gasteiger partial charge in [-0.15, -0.1) is 0 Å². The van der Waals surface area contributed by atoms with Crippen molar-refractivity contribution in [2.24, 2.45) is 0 Å². The second kappa shape index (κ2) is 6.58. The molecule has 0 aliphatic rings. The maximum Gasteiger partial charge on any atom is 0.140 e. The number of hydrogen-bond donors (Lipinski definition) is 2. The number of rotatable bonds is 1. The third kappa shape index (κ3) is 3.06. The van der Waals surface area contributed by atoms with Crippen molar-refractivity contribution >= 4 is 11.0 Å². The number of phenolic OH excluding ortho intramolecular Hbond substituents is 2. The lowest BCUT2D eigenvalue weighted by Gasteiger charge is -2.08. The van der Waals surface area contributed by atoms with Gasteiger partial charge in [0.2, 0.25) is 0 Å². The van der Waals surface area contributed by atoms with E-state index in [1.807, 2.05) is 54.6 Å². The molecule has 0 radical (unpaired) electrons.